The summed E-state index contributed by atoms with van der Waals surface area (Å²) < 4.78 is 0. The van der Waals surface area contributed by atoms with E-state index in [4.69, 9.17) is 0 Å². The van der Waals surface area contributed by atoms with E-state index in [1.54, 1.807) is 0 Å². The van der Waals surface area contributed by atoms with Gasteiger partial charge in [-0.05, 0) is 70.8 Å². The highest BCUT2D eigenvalue weighted by molar-refractivity contribution is 5.76. The van der Waals surface area contributed by atoms with Crippen molar-refractivity contribution in [3.05, 3.63) is 59.2 Å². The molecule has 2 aliphatic carbocycles. The summed E-state index contributed by atoms with van der Waals surface area (Å²) >= 11 is 0. The number of aliphatic hydroxyl groups is 2. The summed E-state index contributed by atoms with van der Waals surface area (Å²) in [5.74, 6) is 1.12. The quantitative estimate of drug-likeness (QED) is 0.571. The molecule has 4 nitrogen and oxygen atoms in total. The van der Waals surface area contributed by atoms with Crippen molar-refractivity contribution in [2.45, 2.75) is 84.0 Å². The maximum atomic E-state index is 12.4. The number of carbonyl (C=O) groups excluding carboxylic acids is 1. The zero-order valence-corrected chi connectivity index (χ0v) is 20.4. The number of carbonyl (C=O) groups is 1. The molecule has 3 rings (SSSR count). The standard InChI is InChI=1S/C28H41NO3/c1-19-8-6-9-20(14-19)16-23(30)12-13-24-25-17-21(15-22(25)18-26(24)31)10-7-11-27(32)29(5)28(2,3)4/h6,8-9,12-15,22-26,30-31H,7,10-11,16-18H2,1-5H3/t22-,23+,24+,25-,26+/m0/s1. The van der Waals surface area contributed by atoms with Crippen LogP contribution in [0.2, 0.25) is 0 Å². The highest BCUT2D eigenvalue weighted by Gasteiger charge is 2.43. The first kappa shape index (κ1) is 24.7. The highest BCUT2D eigenvalue weighted by atomic mass is 16.3. The van der Waals surface area contributed by atoms with E-state index in [9.17, 15) is 15.0 Å². The predicted octanol–water partition coefficient (Wildman–Crippen LogP) is 4.83. The Bertz CT molecular complexity index is 850. The van der Waals surface area contributed by atoms with Crippen molar-refractivity contribution >= 4 is 5.91 Å². The van der Waals surface area contributed by atoms with Gasteiger partial charge in [-0.3, -0.25) is 4.79 Å². The van der Waals surface area contributed by atoms with Crippen molar-refractivity contribution in [3.63, 3.8) is 0 Å². The second kappa shape index (κ2) is 10.4. The molecule has 2 aliphatic rings. The van der Waals surface area contributed by atoms with Crippen molar-refractivity contribution in [3.8, 4) is 0 Å². The minimum Gasteiger partial charge on any atom is -0.392 e. The monoisotopic (exact) mass is 439 g/mol. The molecule has 0 bridgehead atoms. The maximum absolute atomic E-state index is 12.4. The van der Waals surface area contributed by atoms with Crippen LogP contribution in [0.4, 0.5) is 0 Å². The van der Waals surface area contributed by atoms with E-state index < -0.39 is 6.10 Å². The number of allylic oxidation sites excluding steroid dienone is 2. The first-order valence-corrected chi connectivity index (χ1v) is 12.1. The number of fused-ring (bicyclic) bond motifs is 1. The molecule has 0 spiro atoms. The van der Waals surface area contributed by atoms with Gasteiger partial charge in [-0.15, -0.1) is 0 Å². The molecule has 0 aliphatic heterocycles. The lowest BCUT2D eigenvalue weighted by Crippen LogP contribution is -2.42. The van der Waals surface area contributed by atoms with Crippen molar-refractivity contribution in [1.29, 1.82) is 0 Å². The van der Waals surface area contributed by atoms with Crippen molar-refractivity contribution < 1.29 is 15.0 Å². The Hall–Kier alpha value is -1.91. The van der Waals surface area contributed by atoms with E-state index in [1.807, 2.05) is 36.2 Å². The van der Waals surface area contributed by atoms with Gasteiger partial charge in [0.25, 0.3) is 0 Å². The average Bonchev–Trinajstić information content (AvgIpc) is 3.21. The molecule has 4 heteroatoms. The Kier molecular flexibility index (Phi) is 8.00. The largest absolute Gasteiger partial charge is 0.392 e. The molecule has 0 saturated heterocycles. The summed E-state index contributed by atoms with van der Waals surface area (Å²) in [6.07, 6.45) is 10.2. The number of aliphatic hydroxyl groups excluding tert-OH is 2. The van der Waals surface area contributed by atoms with Crippen LogP contribution < -0.4 is 0 Å². The number of hydrogen-bond donors (Lipinski definition) is 2. The maximum Gasteiger partial charge on any atom is 0.222 e. The second-order valence-corrected chi connectivity index (χ2v) is 10.9. The van der Waals surface area contributed by atoms with Gasteiger partial charge in [0, 0.05) is 31.3 Å². The number of nitrogens with zero attached hydrogens (tertiary/aromatic N) is 1. The molecule has 1 aromatic rings. The molecule has 1 fully saturated rings. The van der Waals surface area contributed by atoms with Gasteiger partial charge in [-0.25, -0.2) is 0 Å². The Labute approximate surface area is 194 Å². The highest BCUT2D eigenvalue weighted by Crippen LogP contribution is 2.48. The molecule has 0 radical (unpaired) electrons. The van der Waals surface area contributed by atoms with Crippen LogP contribution in [0, 0.1) is 24.7 Å². The van der Waals surface area contributed by atoms with E-state index in [0.29, 0.717) is 24.7 Å². The number of rotatable bonds is 8. The molecule has 2 N–H and O–H groups in total. The topological polar surface area (TPSA) is 60.8 Å². The first-order chi connectivity index (χ1) is 15.0. The fraction of sp³-hybridized carbons (Fsp3) is 0.607. The van der Waals surface area contributed by atoms with Gasteiger partial charge >= 0.3 is 0 Å². The van der Waals surface area contributed by atoms with Crippen LogP contribution in [-0.4, -0.2) is 45.8 Å². The Balaban J connectivity index is 1.49. The summed E-state index contributed by atoms with van der Waals surface area (Å²) in [6, 6.07) is 8.23. The molecule has 1 aromatic carbocycles. The smallest absolute Gasteiger partial charge is 0.222 e. The summed E-state index contributed by atoms with van der Waals surface area (Å²) in [6.45, 7) is 8.23. The Morgan fingerprint density at radius 1 is 1.31 bits per heavy atom. The summed E-state index contributed by atoms with van der Waals surface area (Å²) in [5, 5.41) is 21.1. The normalized spacial score (nSPS) is 26.3. The number of aryl methyl sites for hydroxylation is 1. The van der Waals surface area contributed by atoms with Crippen molar-refractivity contribution in [1.82, 2.24) is 4.90 Å². The van der Waals surface area contributed by atoms with E-state index in [0.717, 1.165) is 31.2 Å². The Morgan fingerprint density at radius 3 is 2.75 bits per heavy atom. The summed E-state index contributed by atoms with van der Waals surface area (Å²) in [4.78, 5) is 14.2. The second-order valence-electron chi connectivity index (χ2n) is 10.9. The van der Waals surface area contributed by atoms with Gasteiger partial charge in [0.1, 0.15) is 0 Å². The van der Waals surface area contributed by atoms with Crippen LogP contribution in [0.3, 0.4) is 0 Å². The third-order valence-electron chi connectivity index (χ3n) is 7.30. The molecule has 32 heavy (non-hydrogen) atoms. The average molecular weight is 440 g/mol. The third-order valence-corrected chi connectivity index (χ3v) is 7.30. The van der Waals surface area contributed by atoms with E-state index in [-0.39, 0.29) is 23.5 Å². The van der Waals surface area contributed by atoms with E-state index in [1.165, 1.54) is 11.1 Å². The zero-order chi connectivity index (χ0) is 23.5. The van der Waals surface area contributed by atoms with Gasteiger partial charge in [0.05, 0.1) is 12.2 Å². The zero-order valence-electron chi connectivity index (χ0n) is 20.4. The fourth-order valence-electron chi connectivity index (χ4n) is 5.20. The summed E-state index contributed by atoms with van der Waals surface area (Å²) in [5.41, 5.74) is 3.62. The first-order valence-electron chi connectivity index (χ1n) is 12.1. The lowest BCUT2D eigenvalue weighted by Gasteiger charge is -2.32. The molecular formula is C28H41NO3. The third kappa shape index (κ3) is 6.32. The minimum absolute atomic E-state index is 0.0922. The van der Waals surface area contributed by atoms with Crippen LogP contribution in [0.5, 0.6) is 0 Å². The molecule has 5 atom stereocenters. The lowest BCUT2D eigenvalue weighted by atomic mass is 9.88. The molecule has 0 aromatic heterocycles. The molecule has 176 valence electrons. The Morgan fingerprint density at radius 2 is 2.06 bits per heavy atom. The van der Waals surface area contributed by atoms with Gasteiger partial charge < -0.3 is 15.1 Å². The summed E-state index contributed by atoms with van der Waals surface area (Å²) in [7, 11) is 1.88. The molecule has 1 saturated carbocycles. The molecule has 0 heterocycles. The van der Waals surface area contributed by atoms with Gasteiger partial charge in [0.15, 0.2) is 0 Å². The van der Waals surface area contributed by atoms with Crippen molar-refractivity contribution in [2.75, 3.05) is 7.05 Å². The van der Waals surface area contributed by atoms with Crippen LogP contribution in [0.15, 0.2) is 48.1 Å². The number of amides is 1. The lowest BCUT2D eigenvalue weighted by molar-refractivity contribution is -0.134. The van der Waals surface area contributed by atoms with Crippen molar-refractivity contribution in [2.24, 2.45) is 17.8 Å². The van der Waals surface area contributed by atoms with Gasteiger partial charge in [0.2, 0.25) is 5.91 Å². The van der Waals surface area contributed by atoms with Crippen LogP contribution in [0.1, 0.15) is 64.0 Å². The molecule has 0 unspecified atom stereocenters. The SMILES string of the molecule is Cc1cccc(C[C@H](O)C=C[C@@H]2[C@H]3CC(CCCC(=O)N(C)C(C)(C)C)=C[C@H]3C[C@H]2O)c1. The molecule has 1 amide bonds. The van der Waals surface area contributed by atoms with E-state index in [2.05, 4.69) is 45.9 Å². The van der Waals surface area contributed by atoms with Gasteiger partial charge in [-0.1, -0.05) is 53.6 Å². The molecular weight excluding hydrogens is 398 g/mol. The van der Waals surface area contributed by atoms with E-state index >= 15 is 0 Å². The number of hydrogen-bond acceptors (Lipinski definition) is 3. The van der Waals surface area contributed by atoms with Gasteiger partial charge in [-0.2, -0.15) is 0 Å². The minimum atomic E-state index is -0.539. The number of benzene rings is 1. The predicted molar refractivity (Wildman–Crippen MR) is 130 cm³/mol. The fourth-order valence-corrected chi connectivity index (χ4v) is 5.20. The van der Waals surface area contributed by atoms with Crippen LogP contribution in [-0.2, 0) is 11.2 Å². The van der Waals surface area contributed by atoms with Crippen LogP contribution >= 0.6 is 0 Å². The van der Waals surface area contributed by atoms with Crippen LogP contribution in [0.25, 0.3) is 0 Å².